The van der Waals surface area contributed by atoms with Crippen LogP contribution in [0.25, 0.3) is 0 Å². The Bertz CT molecular complexity index is 109. The van der Waals surface area contributed by atoms with Gasteiger partial charge in [-0.25, -0.2) is 0 Å². The summed E-state index contributed by atoms with van der Waals surface area (Å²) < 4.78 is 11.2. The highest BCUT2D eigenvalue weighted by Gasteiger charge is 2.07. The van der Waals surface area contributed by atoms with Crippen molar-refractivity contribution in [1.82, 2.24) is 0 Å². The van der Waals surface area contributed by atoms with Gasteiger partial charge in [-0.2, -0.15) is 0 Å². The summed E-state index contributed by atoms with van der Waals surface area (Å²) in [5.74, 6) is 0. The minimum atomic E-state index is -0.838. The third kappa shape index (κ3) is 8.72. The van der Waals surface area contributed by atoms with Crippen molar-refractivity contribution >= 4 is 9.04 Å². The molecule has 14 heavy (non-hydrogen) atoms. The van der Waals surface area contributed by atoms with E-state index in [-0.39, 0.29) is 0 Å². The molecule has 0 heterocycles. The monoisotopic (exact) mass is 218 g/mol. The molecule has 0 aromatic rings. The molecule has 0 amide bonds. The molecule has 0 radical (unpaired) electrons. The van der Waals surface area contributed by atoms with Gasteiger partial charge in [0, 0.05) is 19.8 Å². The Labute approximate surface area is 90.7 Å². The molecule has 0 aliphatic heterocycles. The summed E-state index contributed by atoms with van der Waals surface area (Å²) in [6, 6.07) is 2.62. The van der Waals surface area contributed by atoms with Crippen molar-refractivity contribution in [3.05, 3.63) is 0 Å². The van der Waals surface area contributed by atoms with Gasteiger partial charge in [0.25, 0.3) is 0 Å². The third-order valence-corrected chi connectivity index (χ3v) is 5.00. The van der Waals surface area contributed by atoms with Gasteiger partial charge >= 0.3 is 0 Å². The van der Waals surface area contributed by atoms with Crippen molar-refractivity contribution in [2.75, 3.05) is 19.8 Å². The Morgan fingerprint density at radius 3 is 2.36 bits per heavy atom. The first-order valence-corrected chi connectivity index (χ1v) is 8.14. The molecule has 1 unspecified atom stereocenters. The molecule has 0 saturated carbocycles. The van der Waals surface area contributed by atoms with Crippen LogP contribution in [0.1, 0.15) is 40.0 Å². The smallest absolute Gasteiger partial charge is 0.176 e. The summed E-state index contributed by atoms with van der Waals surface area (Å²) in [5, 5.41) is 0. The molecule has 0 bridgehead atoms. The zero-order valence-electron chi connectivity index (χ0n) is 10.1. The maximum Gasteiger partial charge on any atom is 0.176 e. The molecular formula is C11H26O2Si. The molecule has 0 aromatic heterocycles. The molecule has 0 aliphatic rings. The molecule has 0 aliphatic carbocycles. The summed E-state index contributed by atoms with van der Waals surface area (Å²) in [6.45, 7) is 9.13. The number of rotatable bonds is 10. The van der Waals surface area contributed by atoms with E-state index in [0.717, 1.165) is 26.2 Å². The largest absolute Gasteiger partial charge is 0.420 e. The van der Waals surface area contributed by atoms with E-state index < -0.39 is 9.04 Å². The lowest BCUT2D eigenvalue weighted by Gasteiger charge is -2.13. The number of hydrogen-bond acceptors (Lipinski definition) is 2. The van der Waals surface area contributed by atoms with E-state index in [1.807, 2.05) is 6.92 Å². The molecule has 1 atom stereocenters. The second kappa shape index (κ2) is 11.2. The summed E-state index contributed by atoms with van der Waals surface area (Å²) in [6.07, 6.45) is 3.70. The van der Waals surface area contributed by atoms with Crippen LogP contribution < -0.4 is 0 Å². The maximum absolute atomic E-state index is 5.90. The third-order valence-electron chi connectivity index (χ3n) is 2.33. The molecule has 0 saturated heterocycles. The van der Waals surface area contributed by atoms with E-state index in [4.69, 9.17) is 9.16 Å². The first-order valence-electron chi connectivity index (χ1n) is 6.04. The van der Waals surface area contributed by atoms with Crippen molar-refractivity contribution in [2.24, 2.45) is 0 Å². The van der Waals surface area contributed by atoms with Gasteiger partial charge < -0.3 is 9.16 Å². The average molecular weight is 218 g/mol. The zero-order chi connectivity index (χ0) is 10.6. The van der Waals surface area contributed by atoms with Gasteiger partial charge in [0.2, 0.25) is 0 Å². The van der Waals surface area contributed by atoms with Crippen LogP contribution in [-0.4, -0.2) is 28.9 Å². The molecule has 0 spiro atoms. The fourth-order valence-corrected chi connectivity index (χ4v) is 3.57. The Hall–Kier alpha value is 0.137. The van der Waals surface area contributed by atoms with Crippen molar-refractivity contribution in [1.29, 1.82) is 0 Å². The predicted molar refractivity (Wildman–Crippen MR) is 64.4 cm³/mol. The fourth-order valence-electron chi connectivity index (χ4n) is 1.39. The predicted octanol–water partition coefficient (Wildman–Crippen LogP) is 2.97. The molecule has 0 aromatic carbocycles. The number of ether oxygens (including phenoxy) is 1. The van der Waals surface area contributed by atoms with Crippen molar-refractivity contribution < 1.29 is 9.16 Å². The molecule has 3 heteroatoms. The first-order chi connectivity index (χ1) is 6.85. The molecule has 0 N–H and O–H groups in total. The van der Waals surface area contributed by atoms with Crippen LogP contribution in [0.2, 0.25) is 12.1 Å². The minimum absolute atomic E-state index is 0.824. The summed E-state index contributed by atoms with van der Waals surface area (Å²) in [4.78, 5) is 0. The zero-order valence-corrected chi connectivity index (χ0v) is 11.2. The lowest BCUT2D eigenvalue weighted by atomic mass is 10.4. The molecule has 0 rings (SSSR count). The van der Waals surface area contributed by atoms with E-state index in [9.17, 15) is 0 Å². The van der Waals surface area contributed by atoms with E-state index in [2.05, 4.69) is 13.8 Å². The molecule has 2 nitrogen and oxygen atoms in total. The molecule has 0 fully saturated rings. The van der Waals surface area contributed by atoms with E-state index in [1.54, 1.807) is 0 Å². The Kier molecular flexibility index (Phi) is 11.3. The second-order valence-corrected chi connectivity index (χ2v) is 6.56. The van der Waals surface area contributed by atoms with Crippen LogP contribution >= 0.6 is 0 Å². The van der Waals surface area contributed by atoms with E-state index in [0.29, 0.717) is 0 Å². The van der Waals surface area contributed by atoms with Crippen LogP contribution in [0.3, 0.4) is 0 Å². The average Bonchev–Trinajstić information content (AvgIpc) is 2.22. The van der Waals surface area contributed by atoms with Gasteiger partial charge in [0.15, 0.2) is 9.04 Å². The van der Waals surface area contributed by atoms with Gasteiger partial charge in [-0.3, -0.25) is 0 Å². The van der Waals surface area contributed by atoms with Gasteiger partial charge in [-0.05, 0) is 25.4 Å². The second-order valence-electron chi connectivity index (χ2n) is 3.59. The van der Waals surface area contributed by atoms with Crippen LogP contribution in [0.4, 0.5) is 0 Å². The highest BCUT2D eigenvalue weighted by molar-refractivity contribution is 6.51. The highest BCUT2D eigenvalue weighted by Crippen LogP contribution is 2.06. The van der Waals surface area contributed by atoms with Crippen LogP contribution in [0.15, 0.2) is 0 Å². The van der Waals surface area contributed by atoms with Crippen LogP contribution in [-0.2, 0) is 9.16 Å². The van der Waals surface area contributed by atoms with Gasteiger partial charge in [-0.1, -0.05) is 26.7 Å². The summed E-state index contributed by atoms with van der Waals surface area (Å²) in [5.41, 5.74) is 0. The summed E-state index contributed by atoms with van der Waals surface area (Å²) >= 11 is 0. The highest BCUT2D eigenvalue weighted by atomic mass is 28.3. The number of hydrogen-bond donors (Lipinski definition) is 0. The fraction of sp³-hybridized carbons (Fsp3) is 1.00. The number of unbranched alkanes of at least 4 members (excludes halogenated alkanes) is 1. The lowest BCUT2D eigenvalue weighted by Crippen LogP contribution is -2.17. The van der Waals surface area contributed by atoms with Crippen molar-refractivity contribution in [2.45, 2.75) is 52.1 Å². The van der Waals surface area contributed by atoms with Crippen molar-refractivity contribution in [3.8, 4) is 0 Å². The molecule has 86 valence electrons. The van der Waals surface area contributed by atoms with Gasteiger partial charge in [-0.15, -0.1) is 0 Å². The van der Waals surface area contributed by atoms with Gasteiger partial charge in [0.05, 0.1) is 0 Å². The topological polar surface area (TPSA) is 18.5 Å². The Morgan fingerprint density at radius 2 is 1.79 bits per heavy atom. The van der Waals surface area contributed by atoms with Gasteiger partial charge in [0.1, 0.15) is 0 Å². The van der Waals surface area contributed by atoms with Crippen LogP contribution in [0.5, 0.6) is 0 Å². The van der Waals surface area contributed by atoms with E-state index >= 15 is 0 Å². The van der Waals surface area contributed by atoms with Crippen LogP contribution in [0, 0.1) is 0 Å². The summed E-state index contributed by atoms with van der Waals surface area (Å²) in [7, 11) is -0.838. The quantitative estimate of drug-likeness (QED) is 0.414. The maximum atomic E-state index is 5.90. The lowest BCUT2D eigenvalue weighted by molar-refractivity contribution is 0.130. The normalized spacial score (nSPS) is 13.1. The minimum Gasteiger partial charge on any atom is -0.420 e. The Balaban J connectivity index is 3.24. The van der Waals surface area contributed by atoms with Crippen molar-refractivity contribution in [3.63, 3.8) is 0 Å². The standard InChI is InChI=1S/C11H26O2Si/c1-4-7-11-14(6-3)13-10-8-9-12-5-2/h14H,4-11H2,1-3H3. The Morgan fingerprint density at radius 1 is 1.00 bits per heavy atom. The SMILES string of the molecule is CCCC[SiH](CC)OCCCOCC. The first kappa shape index (κ1) is 14.1. The molecular weight excluding hydrogens is 192 g/mol. The van der Waals surface area contributed by atoms with E-state index in [1.165, 1.54) is 24.9 Å².